The van der Waals surface area contributed by atoms with Gasteiger partial charge in [-0.15, -0.1) is 0 Å². The van der Waals surface area contributed by atoms with Crippen LogP contribution in [0.4, 0.5) is 0 Å². The van der Waals surface area contributed by atoms with Gasteiger partial charge in [0.2, 0.25) is 0 Å². The minimum absolute atomic E-state index is 0.0662. The zero-order chi connectivity index (χ0) is 14.1. The van der Waals surface area contributed by atoms with E-state index in [1.807, 2.05) is 30.0 Å². The van der Waals surface area contributed by atoms with Gasteiger partial charge < -0.3 is 4.90 Å². The number of aryl methyl sites for hydroxylation is 1. The molecule has 1 fully saturated rings. The minimum Gasteiger partial charge on any atom is -0.315 e. The maximum absolute atomic E-state index is 12.8. The lowest BCUT2D eigenvalue weighted by Gasteiger charge is -2.29. The second kappa shape index (κ2) is 5.28. The van der Waals surface area contributed by atoms with E-state index in [1.54, 1.807) is 0 Å². The number of rotatable bonds is 1. The van der Waals surface area contributed by atoms with Gasteiger partial charge in [0.25, 0.3) is 5.91 Å². The monoisotopic (exact) mass is 268 g/mol. The summed E-state index contributed by atoms with van der Waals surface area (Å²) in [4.78, 5) is 14.6. The summed E-state index contributed by atoms with van der Waals surface area (Å²) in [6.45, 7) is 1.96. The first-order valence-corrected chi connectivity index (χ1v) is 7.56. The summed E-state index contributed by atoms with van der Waals surface area (Å²) in [6.07, 6.45) is 6.92. The number of hydrogen-bond acceptors (Lipinski definition) is 2. The van der Waals surface area contributed by atoms with Gasteiger partial charge >= 0.3 is 0 Å². The van der Waals surface area contributed by atoms with Crippen molar-refractivity contribution in [2.45, 2.75) is 57.5 Å². The van der Waals surface area contributed by atoms with Gasteiger partial charge in [-0.3, -0.25) is 4.79 Å². The predicted molar refractivity (Wildman–Crippen MR) is 77.2 cm³/mol. The number of nitrogens with zero attached hydrogens (tertiary/aromatic N) is 2. The molecule has 3 heteroatoms. The van der Waals surface area contributed by atoms with E-state index in [0.29, 0.717) is 0 Å². The van der Waals surface area contributed by atoms with Crippen LogP contribution in [0.25, 0.3) is 0 Å². The molecular weight excluding hydrogens is 248 g/mol. The summed E-state index contributed by atoms with van der Waals surface area (Å²) < 4.78 is 0. The van der Waals surface area contributed by atoms with Gasteiger partial charge in [0, 0.05) is 17.2 Å². The number of hydrogen-bond donors (Lipinski definition) is 0. The van der Waals surface area contributed by atoms with E-state index in [-0.39, 0.29) is 18.0 Å². The second-order valence-corrected chi connectivity index (χ2v) is 5.93. The highest BCUT2D eigenvalue weighted by molar-refractivity contribution is 6.01. The van der Waals surface area contributed by atoms with Crippen molar-refractivity contribution < 1.29 is 4.79 Å². The lowest BCUT2D eigenvalue weighted by molar-refractivity contribution is 0.0653. The lowest BCUT2D eigenvalue weighted by Crippen LogP contribution is -2.37. The molecule has 2 aliphatic rings. The number of carbonyl (C=O) groups excluding carboxylic acids is 1. The van der Waals surface area contributed by atoms with Crippen LogP contribution in [0, 0.1) is 18.3 Å². The van der Waals surface area contributed by atoms with Crippen LogP contribution >= 0.6 is 0 Å². The molecular formula is C17H20N2O. The minimum atomic E-state index is -0.388. The average Bonchev–Trinajstić information content (AvgIpc) is 2.62. The molecule has 0 N–H and O–H groups in total. The highest BCUT2D eigenvalue weighted by Gasteiger charge is 2.41. The van der Waals surface area contributed by atoms with Gasteiger partial charge in [-0.05, 0) is 25.3 Å². The number of nitriles is 1. The van der Waals surface area contributed by atoms with Gasteiger partial charge in [0.15, 0.2) is 0 Å². The van der Waals surface area contributed by atoms with E-state index in [4.69, 9.17) is 0 Å². The second-order valence-electron chi connectivity index (χ2n) is 5.93. The summed E-state index contributed by atoms with van der Waals surface area (Å²) in [7, 11) is 0. The molecule has 104 valence electrons. The summed E-state index contributed by atoms with van der Waals surface area (Å²) >= 11 is 0. The van der Waals surface area contributed by atoms with Crippen LogP contribution in [0.15, 0.2) is 18.2 Å². The molecule has 3 rings (SSSR count). The third kappa shape index (κ3) is 2.00. The maximum Gasteiger partial charge on any atom is 0.256 e. The third-order valence-corrected chi connectivity index (χ3v) is 4.67. The van der Waals surface area contributed by atoms with E-state index in [2.05, 4.69) is 6.07 Å². The zero-order valence-corrected chi connectivity index (χ0v) is 11.9. The Morgan fingerprint density at radius 2 is 1.90 bits per heavy atom. The Balaban J connectivity index is 1.99. The number of benzene rings is 1. The fourth-order valence-corrected chi connectivity index (χ4v) is 3.65. The van der Waals surface area contributed by atoms with Crippen molar-refractivity contribution in [2.24, 2.45) is 0 Å². The highest BCUT2D eigenvalue weighted by Crippen LogP contribution is 2.39. The van der Waals surface area contributed by atoms with Crippen molar-refractivity contribution in [1.82, 2.24) is 4.90 Å². The molecule has 1 aliphatic heterocycles. The summed E-state index contributed by atoms with van der Waals surface area (Å²) in [6, 6.07) is 8.04. The molecule has 1 atom stereocenters. The van der Waals surface area contributed by atoms with Crippen LogP contribution in [-0.2, 0) is 0 Å². The first-order valence-electron chi connectivity index (χ1n) is 7.56. The summed E-state index contributed by atoms with van der Waals surface area (Å²) in [5, 5.41) is 9.55. The molecule has 1 aromatic carbocycles. The first kappa shape index (κ1) is 13.2. The molecule has 1 aromatic rings. The Hall–Kier alpha value is -1.82. The van der Waals surface area contributed by atoms with Crippen molar-refractivity contribution in [3.8, 4) is 6.07 Å². The van der Waals surface area contributed by atoms with Gasteiger partial charge in [-0.25, -0.2) is 0 Å². The highest BCUT2D eigenvalue weighted by atomic mass is 16.2. The van der Waals surface area contributed by atoms with Crippen molar-refractivity contribution in [2.75, 3.05) is 0 Å². The molecule has 1 saturated carbocycles. The average molecular weight is 268 g/mol. The van der Waals surface area contributed by atoms with E-state index in [9.17, 15) is 10.1 Å². The fraction of sp³-hybridized carbons (Fsp3) is 0.529. The van der Waals surface area contributed by atoms with Gasteiger partial charge in [0.05, 0.1) is 6.07 Å². The number of amides is 1. The van der Waals surface area contributed by atoms with Crippen LogP contribution in [0.2, 0.25) is 0 Å². The van der Waals surface area contributed by atoms with Crippen molar-refractivity contribution in [3.63, 3.8) is 0 Å². The molecule has 0 bridgehead atoms. The molecule has 0 spiro atoms. The van der Waals surface area contributed by atoms with Crippen LogP contribution < -0.4 is 0 Å². The van der Waals surface area contributed by atoms with Crippen molar-refractivity contribution in [3.05, 3.63) is 34.9 Å². The van der Waals surface area contributed by atoms with Gasteiger partial charge in [-0.2, -0.15) is 5.26 Å². The summed E-state index contributed by atoms with van der Waals surface area (Å²) in [5.74, 6) is 0.0662. The Kier molecular flexibility index (Phi) is 3.48. The standard InChI is InChI=1S/C17H20N2O/c1-12-7-6-10-14-15(11-18)19(17(20)16(12)14)13-8-4-2-3-5-9-13/h6-7,10,13,15H,2-5,8-9H2,1H3. The molecule has 0 saturated heterocycles. The number of fused-ring (bicyclic) bond motifs is 1. The molecule has 1 heterocycles. The SMILES string of the molecule is Cc1cccc2c1C(=O)N(C1CCCCCC1)C2C#N. The Bertz CT molecular complexity index is 565. The summed E-state index contributed by atoms with van der Waals surface area (Å²) in [5.41, 5.74) is 2.66. The normalized spacial score (nSPS) is 23.3. The zero-order valence-electron chi connectivity index (χ0n) is 11.9. The van der Waals surface area contributed by atoms with Crippen LogP contribution in [0.3, 0.4) is 0 Å². The quantitative estimate of drug-likeness (QED) is 0.728. The molecule has 20 heavy (non-hydrogen) atoms. The van der Waals surface area contributed by atoms with Gasteiger partial charge in [-0.1, -0.05) is 43.9 Å². The Morgan fingerprint density at radius 3 is 2.55 bits per heavy atom. The smallest absolute Gasteiger partial charge is 0.256 e. The first-order chi connectivity index (χ1) is 9.74. The largest absolute Gasteiger partial charge is 0.315 e. The Labute approximate surface area is 120 Å². The molecule has 1 unspecified atom stereocenters. The molecule has 1 aliphatic carbocycles. The van der Waals surface area contributed by atoms with E-state index < -0.39 is 0 Å². The van der Waals surface area contributed by atoms with E-state index in [0.717, 1.165) is 29.5 Å². The predicted octanol–water partition coefficient (Wildman–Crippen LogP) is 3.74. The molecule has 0 aromatic heterocycles. The van der Waals surface area contributed by atoms with Crippen molar-refractivity contribution in [1.29, 1.82) is 5.26 Å². The molecule has 3 nitrogen and oxygen atoms in total. The number of carbonyl (C=O) groups is 1. The van der Waals surface area contributed by atoms with Crippen LogP contribution in [0.1, 0.15) is 66.1 Å². The molecule has 0 radical (unpaired) electrons. The maximum atomic E-state index is 12.8. The van der Waals surface area contributed by atoms with Gasteiger partial charge in [0.1, 0.15) is 6.04 Å². The van der Waals surface area contributed by atoms with E-state index >= 15 is 0 Å². The topological polar surface area (TPSA) is 44.1 Å². The fourth-order valence-electron chi connectivity index (χ4n) is 3.65. The van der Waals surface area contributed by atoms with E-state index in [1.165, 1.54) is 25.7 Å². The molecule has 1 amide bonds. The van der Waals surface area contributed by atoms with Crippen LogP contribution in [0.5, 0.6) is 0 Å². The van der Waals surface area contributed by atoms with Crippen LogP contribution in [-0.4, -0.2) is 16.8 Å². The Morgan fingerprint density at radius 1 is 1.20 bits per heavy atom. The third-order valence-electron chi connectivity index (χ3n) is 4.67. The lowest BCUT2D eigenvalue weighted by atomic mass is 10.0. The van der Waals surface area contributed by atoms with Crippen molar-refractivity contribution >= 4 is 5.91 Å².